The maximum Gasteiger partial charge on any atom is 0.333 e. The van der Waals surface area contributed by atoms with Gasteiger partial charge in [0.05, 0.1) is 17.6 Å². The Bertz CT molecular complexity index is 715. The molecule has 1 unspecified atom stereocenters. The van der Waals surface area contributed by atoms with Gasteiger partial charge in [0.2, 0.25) is 0 Å². The average molecular weight is 306 g/mol. The summed E-state index contributed by atoms with van der Waals surface area (Å²) in [5.41, 5.74) is 6.72. The third-order valence-electron chi connectivity index (χ3n) is 3.11. The lowest BCUT2D eigenvalue weighted by molar-refractivity contribution is -0.143. The van der Waals surface area contributed by atoms with Gasteiger partial charge >= 0.3 is 12.0 Å². The van der Waals surface area contributed by atoms with Gasteiger partial charge in [0.1, 0.15) is 12.0 Å². The summed E-state index contributed by atoms with van der Waals surface area (Å²) < 4.78 is 6.35. The van der Waals surface area contributed by atoms with Crippen LogP contribution in [0.3, 0.4) is 0 Å². The molecule has 2 N–H and O–H groups in total. The molecular formula is C13H14N4O3S. The standard InChI is InChI=1S/C13H14N4O3S/c1-2-20-10(18)7-16-11(14)21-12-15-8-5-3-4-6-9(8)17(12)13(16)19/h3-6,11H,2,7,14H2,1H3. The molecule has 0 bridgehead atoms. The molecule has 110 valence electrons. The fourth-order valence-corrected chi connectivity index (χ4v) is 3.12. The summed E-state index contributed by atoms with van der Waals surface area (Å²) in [6.45, 7) is 1.81. The van der Waals surface area contributed by atoms with Crippen molar-refractivity contribution >= 4 is 34.8 Å². The summed E-state index contributed by atoms with van der Waals surface area (Å²) in [6.07, 6.45) is 0. The number of ether oxygens (including phenoxy) is 1. The minimum atomic E-state index is -0.661. The number of hydrogen-bond donors (Lipinski definition) is 1. The van der Waals surface area contributed by atoms with Crippen LogP contribution in [0.1, 0.15) is 6.92 Å². The number of nitrogens with zero attached hydrogens (tertiary/aromatic N) is 3. The van der Waals surface area contributed by atoms with Crippen LogP contribution in [0.2, 0.25) is 0 Å². The number of aromatic nitrogens is 2. The first-order valence-electron chi connectivity index (χ1n) is 6.48. The number of para-hydroxylation sites is 2. The van der Waals surface area contributed by atoms with Crippen molar-refractivity contribution in [2.45, 2.75) is 17.6 Å². The minimum absolute atomic E-state index is 0.174. The van der Waals surface area contributed by atoms with E-state index in [1.165, 1.54) is 21.2 Å². The van der Waals surface area contributed by atoms with Crippen LogP contribution in [0.15, 0.2) is 29.4 Å². The molecule has 3 rings (SSSR count). The predicted molar refractivity (Wildman–Crippen MR) is 77.7 cm³/mol. The van der Waals surface area contributed by atoms with Crippen LogP contribution in [-0.2, 0) is 9.53 Å². The normalized spacial score (nSPS) is 17.9. The molecule has 1 aromatic heterocycles. The van der Waals surface area contributed by atoms with Crippen molar-refractivity contribution in [1.82, 2.24) is 14.5 Å². The predicted octanol–water partition coefficient (Wildman–Crippen LogP) is 1.22. The number of esters is 1. The molecule has 21 heavy (non-hydrogen) atoms. The van der Waals surface area contributed by atoms with Gasteiger partial charge in [0, 0.05) is 0 Å². The first-order chi connectivity index (χ1) is 10.1. The van der Waals surface area contributed by atoms with Crippen LogP contribution in [0.5, 0.6) is 0 Å². The molecule has 1 amide bonds. The fraction of sp³-hybridized carbons (Fsp3) is 0.308. The third kappa shape index (κ3) is 2.36. The van der Waals surface area contributed by atoms with Crippen LogP contribution in [-0.4, -0.2) is 45.1 Å². The fourth-order valence-electron chi connectivity index (χ4n) is 2.18. The number of carbonyl (C=O) groups excluding carboxylic acids is 2. The van der Waals surface area contributed by atoms with Crippen molar-refractivity contribution in [3.8, 4) is 0 Å². The molecule has 7 nitrogen and oxygen atoms in total. The lowest BCUT2D eigenvalue weighted by atomic mass is 10.3. The van der Waals surface area contributed by atoms with Gasteiger partial charge in [-0.3, -0.25) is 9.69 Å². The van der Waals surface area contributed by atoms with Gasteiger partial charge in [-0.2, -0.15) is 0 Å². The quantitative estimate of drug-likeness (QED) is 0.857. The Morgan fingerprint density at radius 3 is 3.00 bits per heavy atom. The zero-order valence-electron chi connectivity index (χ0n) is 11.4. The van der Waals surface area contributed by atoms with Crippen LogP contribution in [0.4, 0.5) is 4.79 Å². The summed E-state index contributed by atoms with van der Waals surface area (Å²) in [6, 6.07) is 6.96. The third-order valence-corrected chi connectivity index (χ3v) is 4.09. The van der Waals surface area contributed by atoms with E-state index in [2.05, 4.69) is 4.98 Å². The minimum Gasteiger partial charge on any atom is -0.465 e. The maximum absolute atomic E-state index is 12.6. The molecule has 1 aromatic carbocycles. The number of imidazole rings is 1. The van der Waals surface area contributed by atoms with Gasteiger partial charge in [-0.05, 0) is 30.8 Å². The van der Waals surface area contributed by atoms with E-state index in [-0.39, 0.29) is 19.2 Å². The zero-order valence-corrected chi connectivity index (χ0v) is 12.2. The highest BCUT2D eigenvalue weighted by Crippen LogP contribution is 2.31. The van der Waals surface area contributed by atoms with Crippen LogP contribution < -0.4 is 5.73 Å². The van der Waals surface area contributed by atoms with E-state index in [0.717, 1.165) is 5.52 Å². The molecule has 1 atom stereocenters. The van der Waals surface area contributed by atoms with Crippen LogP contribution >= 0.6 is 11.8 Å². The van der Waals surface area contributed by atoms with Gasteiger partial charge in [-0.25, -0.2) is 14.3 Å². The van der Waals surface area contributed by atoms with E-state index in [9.17, 15) is 9.59 Å². The second kappa shape index (κ2) is 5.38. The second-order valence-electron chi connectivity index (χ2n) is 4.44. The molecule has 0 aliphatic carbocycles. The number of fused-ring (bicyclic) bond motifs is 3. The van der Waals surface area contributed by atoms with Crippen molar-refractivity contribution in [2.24, 2.45) is 5.73 Å². The van der Waals surface area contributed by atoms with E-state index in [0.29, 0.717) is 10.7 Å². The first kappa shape index (κ1) is 13.9. The highest BCUT2D eigenvalue weighted by molar-refractivity contribution is 7.99. The molecular weight excluding hydrogens is 292 g/mol. The number of hydrogen-bond acceptors (Lipinski definition) is 6. The Balaban J connectivity index is 1.97. The molecule has 0 saturated carbocycles. The topological polar surface area (TPSA) is 90.5 Å². The number of rotatable bonds is 3. The highest BCUT2D eigenvalue weighted by Gasteiger charge is 2.34. The van der Waals surface area contributed by atoms with Gasteiger partial charge < -0.3 is 10.5 Å². The van der Waals surface area contributed by atoms with Gasteiger partial charge in [-0.15, -0.1) is 0 Å². The largest absolute Gasteiger partial charge is 0.465 e. The average Bonchev–Trinajstić information content (AvgIpc) is 2.81. The summed E-state index contributed by atoms with van der Waals surface area (Å²) >= 11 is 1.24. The van der Waals surface area contributed by atoms with E-state index >= 15 is 0 Å². The van der Waals surface area contributed by atoms with E-state index in [4.69, 9.17) is 10.5 Å². The molecule has 0 spiro atoms. The number of carbonyl (C=O) groups is 2. The second-order valence-corrected chi connectivity index (χ2v) is 5.53. The lowest BCUT2D eigenvalue weighted by Gasteiger charge is -2.31. The lowest BCUT2D eigenvalue weighted by Crippen LogP contribution is -2.51. The molecule has 0 radical (unpaired) electrons. The Kier molecular flexibility index (Phi) is 3.56. The van der Waals surface area contributed by atoms with Gasteiger partial charge in [-0.1, -0.05) is 12.1 Å². The molecule has 0 fully saturated rings. The summed E-state index contributed by atoms with van der Waals surface area (Å²) in [5, 5.41) is 0.536. The molecule has 1 aliphatic rings. The van der Waals surface area contributed by atoms with Crippen LogP contribution in [0.25, 0.3) is 11.0 Å². The van der Waals surface area contributed by atoms with Crippen molar-refractivity contribution in [1.29, 1.82) is 0 Å². The zero-order chi connectivity index (χ0) is 15.0. The maximum atomic E-state index is 12.6. The monoisotopic (exact) mass is 306 g/mol. The molecule has 0 saturated heterocycles. The summed E-state index contributed by atoms with van der Waals surface area (Å²) in [7, 11) is 0. The number of amides is 1. The van der Waals surface area contributed by atoms with Crippen LogP contribution in [0, 0.1) is 0 Å². The Morgan fingerprint density at radius 1 is 1.48 bits per heavy atom. The number of thioether (sulfide) groups is 1. The molecule has 8 heteroatoms. The van der Waals surface area contributed by atoms with Crippen molar-refractivity contribution < 1.29 is 14.3 Å². The van der Waals surface area contributed by atoms with Crippen molar-refractivity contribution in [3.63, 3.8) is 0 Å². The van der Waals surface area contributed by atoms with Gasteiger partial charge in [0.15, 0.2) is 5.16 Å². The smallest absolute Gasteiger partial charge is 0.333 e. The Morgan fingerprint density at radius 2 is 2.24 bits per heavy atom. The first-order valence-corrected chi connectivity index (χ1v) is 7.36. The number of benzene rings is 1. The van der Waals surface area contributed by atoms with Gasteiger partial charge in [0.25, 0.3) is 0 Å². The SMILES string of the molecule is CCOC(=O)CN1C(=O)n2c(nc3ccccc32)SC1N. The van der Waals surface area contributed by atoms with Crippen molar-refractivity contribution in [2.75, 3.05) is 13.2 Å². The van der Waals surface area contributed by atoms with Crippen molar-refractivity contribution in [3.05, 3.63) is 24.3 Å². The Labute approximate surface area is 125 Å². The molecule has 2 heterocycles. The summed E-state index contributed by atoms with van der Waals surface area (Å²) in [5.74, 6) is -0.477. The Hall–Kier alpha value is -2.06. The van der Waals surface area contributed by atoms with E-state index < -0.39 is 11.5 Å². The molecule has 2 aromatic rings. The highest BCUT2D eigenvalue weighted by atomic mass is 32.2. The van der Waals surface area contributed by atoms with E-state index in [1.807, 2.05) is 24.3 Å². The number of nitrogens with two attached hydrogens (primary N) is 1. The molecule has 1 aliphatic heterocycles. The summed E-state index contributed by atoms with van der Waals surface area (Å²) in [4.78, 5) is 29.9. The van der Waals surface area contributed by atoms with E-state index in [1.54, 1.807) is 6.92 Å².